The highest BCUT2D eigenvalue weighted by atomic mass is 16.1. The molecule has 0 bridgehead atoms. The minimum atomic E-state index is -0.0811. The molecule has 14 heavy (non-hydrogen) atoms. The Morgan fingerprint density at radius 2 is 2.21 bits per heavy atom. The van der Waals surface area contributed by atoms with Crippen LogP contribution in [0.5, 0.6) is 0 Å². The van der Waals surface area contributed by atoms with E-state index in [0.29, 0.717) is 12.8 Å². The summed E-state index contributed by atoms with van der Waals surface area (Å²) in [6, 6.07) is 0. The van der Waals surface area contributed by atoms with E-state index in [1.54, 1.807) is 6.08 Å². The third-order valence-corrected chi connectivity index (χ3v) is 2.74. The van der Waals surface area contributed by atoms with Gasteiger partial charge in [-0.05, 0) is 17.9 Å². The van der Waals surface area contributed by atoms with Gasteiger partial charge in [0.25, 0.3) is 0 Å². The van der Waals surface area contributed by atoms with Crippen molar-refractivity contribution >= 4 is 11.6 Å². The molecule has 2 heteroatoms. The first-order valence-corrected chi connectivity index (χ1v) is 5.19. The van der Waals surface area contributed by atoms with Crippen molar-refractivity contribution in [1.82, 2.24) is 0 Å². The first-order valence-electron chi connectivity index (χ1n) is 5.19. The van der Waals surface area contributed by atoms with Crippen molar-refractivity contribution in [3.63, 3.8) is 0 Å². The van der Waals surface area contributed by atoms with Crippen molar-refractivity contribution in [2.75, 3.05) is 0 Å². The van der Waals surface area contributed by atoms with Gasteiger partial charge in [0.15, 0.2) is 5.78 Å². The minimum absolute atomic E-state index is 0.0621. The van der Waals surface area contributed by atoms with Crippen LogP contribution in [-0.4, -0.2) is 11.6 Å². The van der Waals surface area contributed by atoms with Gasteiger partial charge in [0.05, 0.1) is 0 Å². The molecule has 0 aromatic rings. The van der Waals surface area contributed by atoms with Crippen molar-refractivity contribution in [2.24, 2.45) is 11.3 Å². The molecule has 0 N–H and O–H groups in total. The number of rotatable bonds is 3. The van der Waals surface area contributed by atoms with E-state index in [4.69, 9.17) is 0 Å². The van der Waals surface area contributed by atoms with Crippen molar-refractivity contribution < 1.29 is 9.59 Å². The van der Waals surface area contributed by atoms with E-state index in [1.165, 1.54) is 0 Å². The van der Waals surface area contributed by atoms with Gasteiger partial charge in [0.2, 0.25) is 0 Å². The van der Waals surface area contributed by atoms with Crippen LogP contribution >= 0.6 is 0 Å². The maximum atomic E-state index is 11.5. The van der Waals surface area contributed by atoms with Crippen LogP contribution in [0.2, 0.25) is 0 Å². The number of carbonyl (C=O) groups is 2. The summed E-state index contributed by atoms with van der Waals surface area (Å²) in [6.45, 7) is 6.04. The molecule has 1 rings (SSSR count). The van der Waals surface area contributed by atoms with E-state index in [0.717, 1.165) is 6.42 Å². The molecular formula is C12H18O2. The van der Waals surface area contributed by atoms with Crippen molar-refractivity contribution in [1.29, 1.82) is 0 Å². The zero-order chi connectivity index (χ0) is 10.8. The molecule has 2 nitrogen and oxygen atoms in total. The van der Waals surface area contributed by atoms with E-state index in [-0.39, 0.29) is 22.9 Å². The van der Waals surface area contributed by atoms with Gasteiger partial charge >= 0.3 is 0 Å². The van der Waals surface area contributed by atoms with Gasteiger partial charge in [0, 0.05) is 18.8 Å². The predicted molar refractivity (Wildman–Crippen MR) is 56.0 cm³/mol. The van der Waals surface area contributed by atoms with Gasteiger partial charge in [-0.15, -0.1) is 0 Å². The van der Waals surface area contributed by atoms with Crippen LogP contribution in [0.1, 0.15) is 40.0 Å². The van der Waals surface area contributed by atoms with Crippen LogP contribution in [-0.2, 0) is 9.59 Å². The van der Waals surface area contributed by atoms with Crippen LogP contribution in [0.4, 0.5) is 0 Å². The molecule has 0 radical (unpaired) electrons. The fourth-order valence-electron chi connectivity index (χ4n) is 1.84. The topological polar surface area (TPSA) is 34.1 Å². The lowest BCUT2D eigenvalue weighted by atomic mass is 9.74. The van der Waals surface area contributed by atoms with Gasteiger partial charge in [-0.25, -0.2) is 0 Å². The van der Waals surface area contributed by atoms with E-state index in [2.05, 4.69) is 13.8 Å². The lowest BCUT2D eigenvalue weighted by molar-refractivity contribution is -0.126. The Balaban J connectivity index is 2.67. The molecule has 0 heterocycles. The van der Waals surface area contributed by atoms with Gasteiger partial charge < -0.3 is 0 Å². The molecule has 0 aromatic heterocycles. The van der Waals surface area contributed by atoms with Gasteiger partial charge in [-0.3, -0.25) is 9.59 Å². The van der Waals surface area contributed by atoms with Gasteiger partial charge in [-0.2, -0.15) is 0 Å². The highest BCUT2D eigenvalue weighted by molar-refractivity contribution is 5.95. The first-order chi connectivity index (χ1) is 6.44. The molecule has 0 fully saturated rings. The average Bonchev–Trinajstić information content (AvgIpc) is 2.11. The third kappa shape index (κ3) is 2.79. The molecule has 78 valence electrons. The number of allylic oxidation sites excluding steroid dienone is 2. The summed E-state index contributed by atoms with van der Waals surface area (Å²) in [5.41, 5.74) is 0.0621. The highest BCUT2D eigenvalue weighted by Gasteiger charge is 2.30. The van der Waals surface area contributed by atoms with E-state index < -0.39 is 0 Å². The van der Waals surface area contributed by atoms with Gasteiger partial charge in [-0.1, -0.05) is 26.8 Å². The Kier molecular flexibility index (Phi) is 3.25. The number of Topliss-reactive ketones (excluding diaryl/α,β-unsaturated/α-hetero) is 1. The third-order valence-electron chi connectivity index (χ3n) is 2.74. The second-order valence-corrected chi connectivity index (χ2v) is 4.72. The summed E-state index contributed by atoms with van der Waals surface area (Å²) in [7, 11) is 0. The Morgan fingerprint density at radius 1 is 1.57 bits per heavy atom. The first kappa shape index (κ1) is 11.2. The second-order valence-electron chi connectivity index (χ2n) is 4.72. The lowest BCUT2D eigenvalue weighted by Crippen LogP contribution is -2.27. The summed E-state index contributed by atoms with van der Waals surface area (Å²) >= 11 is 0. The zero-order valence-corrected chi connectivity index (χ0v) is 9.17. The molecule has 0 aliphatic heterocycles. The second kappa shape index (κ2) is 4.07. The number of carbonyl (C=O) groups excluding carboxylic acids is 2. The largest absolute Gasteiger partial charge is 0.300 e. The lowest BCUT2D eigenvalue weighted by Gasteiger charge is -2.29. The average molecular weight is 194 g/mol. The Morgan fingerprint density at radius 3 is 2.79 bits per heavy atom. The molecule has 1 atom stereocenters. The van der Waals surface area contributed by atoms with Crippen LogP contribution in [0.25, 0.3) is 0 Å². The fraction of sp³-hybridized carbons (Fsp3) is 0.667. The molecule has 1 aliphatic rings. The summed E-state index contributed by atoms with van der Waals surface area (Å²) < 4.78 is 0. The Hall–Kier alpha value is -0.920. The van der Waals surface area contributed by atoms with Crippen LogP contribution in [0, 0.1) is 11.3 Å². The van der Waals surface area contributed by atoms with Crippen LogP contribution in [0.3, 0.4) is 0 Å². The molecule has 0 aromatic carbocycles. The molecule has 0 amide bonds. The summed E-state index contributed by atoms with van der Waals surface area (Å²) in [5, 5.41) is 0. The number of hydrogen-bond acceptors (Lipinski definition) is 2. The predicted octanol–water partition coefficient (Wildman–Crippen LogP) is 2.53. The smallest absolute Gasteiger partial charge is 0.158 e. The monoisotopic (exact) mass is 194 g/mol. The highest BCUT2D eigenvalue weighted by Crippen LogP contribution is 2.33. The van der Waals surface area contributed by atoms with E-state index in [1.807, 2.05) is 13.0 Å². The maximum Gasteiger partial charge on any atom is 0.158 e. The quantitative estimate of drug-likeness (QED) is 0.691. The normalized spacial score (nSPS) is 25.1. The van der Waals surface area contributed by atoms with Crippen molar-refractivity contribution in [2.45, 2.75) is 40.0 Å². The van der Waals surface area contributed by atoms with E-state index in [9.17, 15) is 9.59 Å². The fourth-order valence-corrected chi connectivity index (χ4v) is 1.84. The number of ketones is 2. The zero-order valence-electron chi connectivity index (χ0n) is 9.17. The summed E-state index contributed by atoms with van der Waals surface area (Å²) in [4.78, 5) is 22.8. The Labute approximate surface area is 85.4 Å². The van der Waals surface area contributed by atoms with Gasteiger partial charge in [0.1, 0.15) is 5.78 Å². The Bertz CT molecular complexity index is 274. The minimum Gasteiger partial charge on any atom is -0.300 e. The van der Waals surface area contributed by atoms with Crippen LogP contribution in [0.15, 0.2) is 12.2 Å². The van der Waals surface area contributed by atoms with Crippen LogP contribution < -0.4 is 0 Å². The molecular weight excluding hydrogens is 176 g/mol. The van der Waals surface area contributed by atoms with Crippen molar-refractivity contribution in [3.05, 3.63) is 12.2 Å². The number of hydrogen-bond donors (Lipinski definition) is 0. The summed E-state index contributed by atoms with van der Waals surface area (Å²) in [6.07, 6.45) is 5.34. The molecule has 0 saturated heterocycles. The summed E-state index contributed by atoms with van der Waals surface area (Å²) in [5.74, 6) is 0.225. The standard InChI is InChI=1S/C12H18O2/c1-4-10(13)7-9-8-12(2,3)6-5-11(9)14/h5-6,9H,4,7-8H2,1-3H3. The van der Waals surface area contributed by atoms with Crippen molar-refractivity contribution in [3.8, 4) is 0 Å². The maximum absolute atomic E-state index is 11.5. The molecule has 0 spiro atoms. The molecule has 0 saturated carbocycles. The SMILES string of the molecule is CCC(=O)CC1CC(C)(C)C=CC1=O. The molecule has 1 aliphatic carbocycles. The van der Waals surface area contributed by atoms with E-state index >= 15 is 0 Å². The molecule has 1 unspecified atom stereocenters.